The van der Waals surface area contributed by atoms with Crippen molar-refractivity contribution in [3.05, 3.63) is 64.2 Å². The van der Waals surface area contributed by atoms with Crippen LogP contribution in [0.4, 0.5) is 0 Å². The molecule has 4 nitrogen and oxygen atoms in total. The van der Waals surface area contributed by atoms with Crippen molar-refractivity contribution in [2.45, 2.75) is 13.1 Å². The molecule has 2 N–H and O–H groups in total. The maximum atomic E-state index is 10.8. The molecule has 0 unspecified atom stereocenters. The van der Waals surface area contributed by atoms with Crippen molar-refractivity contribution in [1.29, 1.82) is 0 Å². The minimum absolute atomic E-state index is 0. The summed E-state index contributed by atoms with van der Waals surface area (Å²) in [7, 11) is 1.62. The van der Waals surface area contributed by atoms with E-state index < -0.39 is 5.97 Å². The zero-order valence-electron chi connectivity index (χ0n) is 12.0. The smallest absolute Gasteiger partial charge is 0.335 e. The Balaban J connectivity index is 0.00000242. The molecule has 6 heteroatoms. The van der Waals surface area contributed by atoms with Crippen LogP contribution >= 0.6 is 11.6 Å². The highest BCUT2D eigenvalue weighted by atomic mass is 35.5. The predicted octanol–water partition coefficient (Wildman–Crippen LogP) is 0.341. The Hall–Kier alpha value is -1.75. The quantitative estimate of drug-likeness (QED) is 0.796. The molecule has 0 saturated carbocycles. The number of aromatic carboxylic acids is 1. The van der Waals surface area contributed by atoms with Crippen LogP contribution in [0.1, 0.15) is 21.5 Å². The van der Waals surface area contributed by atoms with Crippen LogP contribution in [-0.2, 0) is 13.1 Å². The largest absolute Gasteiger partial charge is 1.00 e. The first-order valence-electron chi connectivity index (χ1n) is 6.45. The maximum absolute atomic E-state index is 10.8. The molecule has 0 heterocycles. The van der Waals surface area contributed by atoms with Gasteiger partial charge in [-0.15, -0.1) is 0 Å². The van der Waals surface area contributed by atoms with Gasteiger partial charge >= 0.3 is 5.97 Å². The van der Waals surface area contributed by atoms with Crippen LogP contribution in [0, 0.1) is 0 Å². The fraction of sp³-hybridized carbons (Fsp3) is 0.188. The van der Waals surface area contributed by atoms with Crippen molar-refractivity contribution in [2.24, 2.45) is 0 Å². The van der Waals surface area contributed by atoms with E-state index in [1.54, 1.807) is 37.4 Å². The number of nitrogens with one attached hydrogen (secondary N) is 1. The lowest BCUT2D eigenvalue weighted by Crippen LogP contribution is -3.00. The maximum Gasteiger partial charge on any atom is 0.335 e. The Morgan fingerprint density at radius 2 is 1.86 bits per heavy atom. The summed E-state index contributed by atoms with van der Waals surface area (Å²) in [4.78, 5) is 10.8. The average molecular weight is 341 g/mol. The highest BCUT2D eigenvalue weighted by Gasteiger charge is 2.04. The third kappa shape index (κ3) is 4.91. The number of benzene rings is 2. The molecule has 0 aliphatic heterocycles. The molecule has 0 bridgehead atoms. The molecule has 2 aromatic carbocycles. The number of carboxylic acid groups (broad SMARTS) is 1. The van der Waals surface area contributed by atoms with Crippen LogP contribution in [0.2, 0.25) is 5.02 Å². The molecular formula is C16H16Cl2NO3-. The van der Waals surface area contributed by atoms with E-state index in [0.29, 0.717) is 18.1 Å². The first kappa shape index (κ1) is 18.3. The molecule has 22 heavy (non-hydrogen) atoms. The fourth-order valence-corrected chi connectivity index (χ4v) is 2.19. The Morgan fingerprint density at radius 1 is 1.18 bits per heavy atom. The molecule has 0 atom stereocenters. The summed E-state index contributed by atoms with van der Waals surface area (Å²) in [6.45, 7) is 1.25. The molecule has 0 saturated heterocycles. The highest BCUT2D eigenvalue weighted by molar-refractivity contribution is 6.30. The number of carbonyl (C=O) groups is 1. The van der Waals surface area contributed by atoms with Crippen molar-refractivity contribution in [2.75, 3.05) is 7.11 Å². The van der Waals surface area contributed by atoms with E-state index in [-0.39, 0.29) is 18.0 Å². The summed E-state index contributed by atoms with van der Waals surface area (Å²) in [5, 5.41) is 12.8. The lowest BCUT2D eigenvalue weighted by Gasteiger charge is -2.10. The van der Waals surface area contributed by atoms with Gasteiger partial charge in [-0.1, -0.05) is 23.7 Å². The standard InChI is InChI=1S/C16H16ClNO3.ClH/c1-21-15-7-6-14(17)8-13(15)10-18-9-11-2-4-12(5-3-11)16(19)20;/h2-8,18H,9-10H2,1H3,(H,19,20);1H/p-1. The van der Waals surface area contributed by atoms with Gasteiger partial charge in [-0.05, 0) is 35.9 Å². The topological polar surface area (TPSA) is 58.6 Å². The van der Waals surface area contributed by atoms with Crippen molar-refractivity contribution in [3.63, 3.8) is 0 Å². The van der Waals surface area contributed by atoms with E-state index >= 15 is 0 Å². The number of hydrogen-bond donors (Lipinski definition) is 2. The van der Waals surface area contributed by atoms with Crippen LogP contribution in [0.15, 0.2) is 42.5 Å². The van der Waals surface area contributed by atoms with Crippen LogP contribution in [0.3, 0.4) is 0 Å². The van der Waals surface area contributed by atoms with E-state index in [1.165, 1.54) is 0 Å². The van der Waals surface area contributed by atoms with Gasteiger partial charge in [0.15, 0.2) is 0 Å². The molecule has 0 amide bonds. The summed E-state index contributed by atoms with van der Waals surface area (Å²) in [6.07, 6.45) is 0. The SMILES string of the molecule is COc1ccc(Cl)cc1CNCc1ccc(C(=O)O)cc1.[Cl-]. The van der Waals surface area contributed by atoms with E-state index in [0.717, 1.165) is 16.9 Å². The first-order valence-corrected chi connectivity index (χ1v) is 6.83. The molecular weight excluding hydrogens is 325 g/mol. The number of rotatable bonds is 6. The third-order valence-corrected chi connectivity index (χ3v) is 3.32. The van der Waals surface area contributed by atoms with E-state index in [1.807, 2.05) is 12.1 Å². The number of hydrogen-bond acceptors (Lipinski definition) is 3. The van der Waals surface area contributed by atoms with Crippen LogP contribution < -0.4 is 22.5 Å². The van der Waals surface area contributed by atoms with Crippen LogP contribution in [0.25, 0.3) is 0 Å². The fourth-order valence-electron chi connectivity index (χ4n) is 1.99. The van der Waals surface area contributed by atoms with Gasteiger partial charge in [0.2, 0.25) is 0 Å². The molecule has 0 aliphatic rings. The highest BCUT2D eigenvalue weighted by Crippen LogP contribution is 2.22. The van der Waals surface area contributed by atoms with Crippen molar-refractivity contribution >= 4 is 17.6 Å². The predicted molar refractivity (Wildman–Crippen MR) is 81.9 cm³/mol. The zero-order chi connectivity index (χ0) is 15.2. The van der Waals surface area contributed by atoms with Crippen molar-refractivity contribution < 1.29 is 27.0 Å². The lowest BCUT2D eigenvalue weighted by molar-refractivity contribution is -0.0000200. The molecule has 2 aromatic rings. The summed E-state index contributed by atoms with van der Waals surface area (Å²) >= 11 is 5.98. The van der Waals surface area contributed by atoms with Gasteiger partial charge in [0.25, 0.3) is 0 Å². The summed E-state index contributed by atoms with van der Waals surface area (Å²) in [5.41, 5.74) is 2.28. The number of methoxy groups -OCH3 is 1. The molecule has 118 valence electrons. The molecule has 0 aliphatic carbocycles. The number of ether oxygens (including phenoxy) is 1. The molecule has 0 fully saturated rings. The molecule has 0 radical (unpaired) electrons. The van der Waals surface area contributed by atoms with E-state index in [4.69, 9.17) is 21.4 Å². The van der Waals surface area contributed by atoms with Gasteiger partial charge in [0.05, 0.1) is 12.7 Å². The average Bonchev–Trinajstić information content (AvgIpc) is 2.48. The number of halogens is 2. The second kappa shape index (κ2) is 8.63. The molecule has 2 rings (SSSR count). The van der Waals surface area contributed by atoms with Gasteiger partial charge in [-0.2, -0.15) is 0 Å². The van der Waals surface area contributed by atoms with Gasteiger partial charge < -0.3 is 27.6 Å². The lowest BCUT2D eigenvalue weighted by atomic mass is 10.1. The normalized spacial score (nSPS) is 9.91. The van der Waals surface area contributed by atoms with Gasteiger partial charge in [0.1, 0.15) is 5.75 Å². The Bertz CT molecular complexity index is 630. The monoisotopic (exact) mass is 340 g/mol. The van der Waals surface area contributed by atoms with Gasteiger partial charge in [0, 0.05) is 23.7 Å². The minimum atomic E-state index is -0.918. The van der Waals surface area contributed by atoms with Crippen LogP contribution in [-0.4, -0.2) is 18.2 Å². The van der Waals surface area contributed by atoms with Crippen LogP contribution in [0.5, 0.6) is 5.75 Å². The summed E-state index contributed by atoms with van der Waals surface area (Å²) < 4.78 is 5.28. The second-order valence-corrected chi connectivity index (χ2v) is 5.00. The third-order valence-electron chi connectivity index (χ3n) is 3.09. The Labute approximate surface area is 140 Å². The summed E-state index contributed by atoms with van der Waals surface area (Å²) in [5.74, 6) is -0.133. The van der Waals surface area contributed by atoms with E-state index in [9.17, 15) is 4.79 Å². The van der Waals surface area contributed by atoms with Gasteiger partial charge in [-0.25, -0.2) is 4.79 Å². The minimum Gasteiger partial charge on any atom is -1.00 e. The van der Waals surface area contributed by atoms with Gasteiger partial charge in [-0.3, -0.25) is 0 Å². The second-order valence-electron chi connectivity index (χ2n) is 4.56. The Kier molecular flexibility index (Phi) is 7.18. The van der Waals surface area contributed by atoms with E-state index in [2.05, 4.69) is 5.32 Å². The molecule has 0 aromatic heterocycles. The molecule has 0 spiro atoms. The Morgan fingerprint density at radius 3 is 2.45 bits per heavy atom. The summed E-state index contributed by atoms with van der Waals surface area (Å²) in [6, 6.07) is 12.3. The van der Waals surface area contributed by atoms with Crippen molar-refractivity contribution in [3.8, 4) is 5.75 Å². The zero-order valence-corrected chi connectivity index (χ0v) is 13.5. The van der Waals surface area contributed by atoms with Crippen molar-refractivity contribution in [1.82, 2.24) is 5.32 Å². The number of carboxylic acids is 1. The first-order chi connectivity index (χ1) is 10.1.